The fourth-order valence-corrected chi connectivity index (χ4v) is 1.65. The zero-order valence-corrected chi connectivity index (χ0v) is 10.4. The van der Waals surface area contributed by atoms with Gasteiger partial charge in [-0.2, -0.15) is 0 Å². The second-order valence-corrected chi connectivity index (χ2v) is 3.85. The number of methoxy groups -OCH3 is 2. The van der Waals surface area contributed by atoms with Gasteiger partial charge in [0.1, 0.15) is 17.8 Å². The normalized spacial score (nSPS) is 13.3. The van der Waals surface area contributed by atoms with Gasteiger partial charge in [-0.3, -0.25) is 4.79 Å². The summed E-state index contributed by atoms with van der Waals surface area (Å²) in [5.74, 6) is 1.19. The standard InChI is InChI=1S/C13H15NO4/c1-16-11-5-10(6-12(7-11)17-2)13(15)8-14-3-4-18-9-14/h3-7H,8-9H2,1-2H3. The molecule has 1 aromatic rings. The Morgan fingerprint density at radius 1 is 1.28 bits per heavy atom. The number of hydrogen-bond donors (Lipinski definition) is 0. The van der Waals surface area contributed by atoms with Crippen LogP contribution in [0.2, 0.25) is 0 Å². The molecule has 96 valence electrons. The summed E-state index contributed by atoms with van der Waals surface area (Å²) >= 11 is 0. The van der Waals surface area contributed by atoms with Crippen LogP contribution in [0.5, 0.6) is 11.5 Å². The SMILES string of the molecule is COc1cc(OC)cc(C(=O)CN2C=COC2)c1. The lowest BCUT2D eigenvalue weighted by Gasteiger charge is -2.13. The summed E-state index contributed by atoms with van der Waals surface area (Å²) in [7, 11) is 3.11. The van der Waals surface area contributed by atoms with E-state index in [0.717, 1.165) is 0 Å². The van der Waals surface area contributed by atoms with E-state index in [1.807, 2.05) is 0 Å². The van der Waals surface area contributed by atoms with Crippen molar-refractivity contribution in [1.82, 2.24) is 4.90 Å². The molecule has 0 saturated heterocycles. The molecule has 0 atom stereocenters. The molecule has 2 rings (SSSR count). The molecule has 18 heavy (non-hydrogen) atoms. The summed E-state index contributed by atoms with van der Waals surface area (Å²) in [5, 5.41) is 0. The molecular formula is C13H15NO4. The maximum absolute atomic E-state index is 12.1. The van der Waals surface area contributed by atoms with Crippen LogP contribution in [0.25, 0.3) is 0 Å². The molecule has 0 N–H and O–H groups in total. The van der Waals surface area contributed by atoms with Gasteiger partial charge in [-0.1, -0.05) is 0 Å². The highest BCUT2D eigenvalue weighted by Gasteiger charge is 2.14. The van der Waals surface area contributed by atoms with Crippen LogP contribution >= 0.6 is 0 Å². The van der Waals surface area contributed by atoms with Crippen molar-refractivity contribution >= 4 is 5.78 Å². The van der Waals surface area contributed by atoms with Gasteiger partial charge in [-0.05, 0) is 12.1 Å². The van der Waals surface area contributed by atoms with E-state index in [1.54, 1.807) is 49.8 Å². The molecule has 1 heterocycles. The van der Waals surface area contributed by atoms with E-state index in [1.165, 1.54) is 0 Å². The second-order valence-electron chi connectivity index (χ2n) is 3.85. The number of ketones is 1. The Balaban J connectivity index is 2.15. The van der Waals surface area contributed by atoms with Crippen LogP contribution in [0, 0.1) is 0 Å². The molecule has 5 nitrogen and oxygen atoms in total. The van der Waals surface area contributed by atoms with E-state index in [9.17, 15) is 4.79 Å². The lowest BCUT2D eigenvalue weighted by Crippen LogP contribution is -2.23. The van der Waals surface area contributed by atoms with Crippen LogP contribution in [-0.4, -0.2) is 38.2 Å². The molecule has 5 heteroatoms. The number of carbonyl (C=O) groups is 1. The van der Waals surface area contributed by atoms with Gasteiger partial charge in [0.05, 0.1) is 20.8 Å². The number of benzene rings is 1. The predicted molar refractivity (Wildman–Crippen MR) is 65.7 cm³/mol. The van der Waals surface area contributed by atoms with Crippen molar-refractivity contribution in [3.8, 4) is 11.5 Å². The lowest BCUT2D eigenvalue weighted by atomic mass is 10.1. The highest BCUT2D eigenvalue weighted by Crippen LogP contribution is 2.23. The maximum atomic E-state index is 12.1. The number of nitrogens with zero attached hydrogens (tertiary/aromatic N) is 1. The molecule has 0 unspecified atom stereocenters. The first-order chi connectivity index (χ1) is 8.72. The highest BCUT2D eigenvalue weighted by atomic mass is 16.5. The second kappa shape index (κ2) is 5.44. The Morgan fingerprint density at radius 2 is 1.94 bits per heavy atom. The number of carbonyl (C=O) groups excluding carboxylic acids is 1. The minimum atomic E-state index is -0.0117. The molecule has 0 fully saturated rings. The minimum absolute atomic E-state index is 0.0117. The van der Waals surface area contributed by atoms with Crippen molar-refractivity contribution in [3.63, 3.8) is 0 Å². The average molecular weight is 249 g/mol. The topological polar surface area (TPSA) is 48.0 Å². The van der Waals surface area contributed by atoms with Gasteiger partial charge in [0.15, 0.2) is 12.5 Å². The number of Topliss-reactive ketones (excluding diaryl/α,β-unsaturated/α-hetero) is 1. The molecule has 0 spiro atoms. The molecular weight excluding hydrogens is 234 g/mol. The first-order valence-corrected chi connectivity index (χ1v) is 5.51. The molecule has 0 aliphatic carbocycles. The zero-order chi connectivity index (χ0) is 13.0. The molecule has 1 aliphatic heterocycles. The molecule has 0 saturated carbocycles. The molecule has 0 amide bonds. The third-order valence-electron chi connectivity index (χ3n) is 2.63. The van der Waals surface area contributed by atoms with Crippen molar-refractivity contribution in [3.05, 3.63) is 36.2 Å². The van der Waals surface area contributed by atoms with Crippen molar-refractivity contribution in [1.29, 1.82) is 0 Å². The Bertz CT molecular complexity index is 448. The number of ether oxygens (including phenoxy) is 3. The van der Waals surface area contributed by atoms with Gasteiger partial charge in [-0.25, -0.2) is 0 Å². The molecule has 0 aromatic heterocycles. The summed E-state index contributed by atoms with van der Waals surface area (Å²) in [6.45, 7) is 0.680. The van der Waals surface area contributed by atoms with E-state index in [-0.39, 0.29) is 12.3 Å². The van der Waals surface area contributed by atoms with Crippen LogP contribution in [0.4, 0.5) is 0 Å². The highest BCUT2D eigenvalue weighted by molar-refractivity contribution is 5.98. The van der Waals surface area contributed by atoms with Gasteiger partial charge in [0.25, 0.3) is 0 Å². The third kappa shape index (κ3) is 2.74. The van der Waals surface area contributed by atoms with Crippen molar-refractivity contribution < 1.29 is 19.0 Å². The van der Waals surface area contributed by atoms with Crippen molar-refractivity contribution in [2.24, 2.45) is 0 Å². The van der Waals surface area contributed by atoms with Crippen LogP contribution in [0.15, 0.2) is 30.7 Å². The Labute approximate surface area is 106 Å². The molecule has 0 radical (unpaired) electrons. The van der Waals surface area contributed by atoms with Crippen LogP contribution in [-0.2, 0) is 4.74 Å². The summed E-state index contributed by atoms with van der Waals surface area (Å²) in [6.07, 6.45) is 3.31. The Hall–Kier alpha value is -2.17. The average Bonchev–Trinajstić information content (AvgIpc) is 2.90. The Kier molecular flexibility index (Phi) is 3.72. The van der Waals surface area contributed by atoms with E-state index in [4.69, 9.17) is 14.2 Å². The monoisotopic (exact) mass is 249 g/mol. The largest absolute Gasteiger partial charge is 0.497 e. The van der Waals surface area contributed by atoms with Crippen molar-refractivity contribution in [2.75, 3.05) is 27.5 Å². The third-order valence-corrected chi connectivity index (χ3v) is 2.63. The zero-order valence-electron chi connectivity index (χ0n) is 10.4. The van der Waals surface area contributed by atoms with Crippen molar-refractivity contribution in [2.45, 2.75) is 0 Å². The van der Waals surface area contributed by atoms with E-state index in [2.05, 4.69) is 0 Å². The summed E-state index contributed by atoms with van der Waals surface area (Å²) < 4.78 is 15.3. The summed E-state index contributed by atoms with van der Waals surface area (Å²) in [5.41, 5.74) is 0.562. The minimum Gasteiger partial charge on any atom is -0.497 e. The van der Waals surface area contributed by atoms with Gasteiger partial charge in [0, 0.05) is 17.8 Å². The predicted octanol–water partition coefficient (Wildman–Crippen LogP) is 1.65. The lowest BCUT2D eigenvalue weighted by molar-refractivity contribution is 0.0911. The first kappa shape index (κ1) is 12.3. The van der Waals surface area contributed by atoms with Gasteiger partial charge < -0.3 is 19.1 Å². The van der Waals surface area contributed by atoms with E-state index >= 15 is 0 Å². The van der Waals surface area contributed by atoms with Crippen LogP contribution < -0.4 is 9.47 Å². The smallest absolute Gasteiger partial charge is 0.182 e. The molecule has 0 bridgehead atoms. The van der Waals surface area contributed by atoms with Crippen LogP contribution in [0.3, 0.4) is 0 Å². The fraction of sp³-hybridized carbons (Fsp3) is 0.308. The number of rotatable bonds is 5. The summed E-state index contributed by atoms with van der Waals surface area (Å²) in [4.78, 5) is 13.9. The maximum Gasteiger partial charge on any atom is 0.182 e. The van der Waals surface area contributed by atoms with Gasteiger partial charge in [0.2, 0.25) is 0 Å². The first-order valence-electron chi connectivity index (χ1n) is 5.51. The molecule has 1 aromatic carbocycles. The Morgan fingerprint density at radius 3 is 2.44 bits per heavy atom. The van der Waals surface area contributed by atoms with Gasteiger partial charge >= 0.3 is 0 Å². The quantitative estimate of drug-likeness (QED) is 0.742. The van der Waals surface area contributed by atoms with E-state index < -0.39 is 0 Å². The molecule has 1 aliphatic rings. The van der Waals surface area contributed by atoms with E-state index in [0.29, 0.717) is 23.8 Å². The van der Waals surface area contributed by atoms with Gasteiger partial charge in [-0.15, -0.1) is 0 Å². The number of hydrogen-bond acceptors (Lipinski definition) is 5. The fourth-order valence-electron chi connectivity index (χ4n) is 1.65. The summed E-state index contributed by atoms with van der Waals surface area (Å²) in [6, 6.07) is 5.13. The van der Waals surface area contributed by atoms with Crippen LogP contribution in [0.1, 0.15) is 10.4 Å².